The predicted molar refractivity (Wildman–Crippen MR) is 128 cm³/mol. The Morgan fingerprint density at radius 1 is 1.16 bits per heavy atom. The summed E-state index contributed by atoms with van der Waals surface area (Å²) in [6.07, 6.45) is 0. The topological polar surface area (TPSA) is 121 Å². The first-order chi connectivity index (χ1) is 14.8. The van der Waals surface area contributed by atoms with Gasteiger partial charge in [-0.2, -0.15) is 5.10 Å². The van der Waals surface area contributed by atoms with Gasteiger partial charge < -0.3 is 20.2 Å². The first-order valence-corrected chi connectivity index (χ1v) is 9.83. The van der Waals surface area contributed by atoms with Crippen LogP contribution in [0.2, 0.25) is 0 Å². The van der Waals surface area contributed by atoms with E-state index in [1.54, 1.807) is 31.2 Å². The van der Waals surface area contributed by atoms with Gasteiger partial charge >= 0.3 is 11.7 Å². The van der Waals surface area contributed by atoms with E-state index in [-0.39, 0.29) is 29.6 Å². The van der Waals surface area contributed by atoms with Gasteiger partial charge in [0.15, 0.2) is 0 Å². The van der Waals surface area contributed by atoms with Crippen LogP contribution in [0, 0.1) is 5.92 Å². The van der Waals surface area contributed by atoms with E-state index in [1.807, 2.05) is 49.3 Å². The van der Waals surface area contributed by atoms with E-state index in [4.69, 9.17) is 10.2 Å². The molecule has 0 radical (unpaired) electrons. The average molecular weight is 459 g/mol. The van der Waals surface area contributed by atoms with Crippen molar-refractivity contribution in [3.63, 3.8) is 0 Å². The molecule has 32 heavy (non-hydrogen) atoms. The zero-order valence-electron chi connectivity index (χ0n) is 18.1. The van der Waals surface area contributed by atoms with Crippen molar-refractivity contribution in [3.8, 4) is 5.75 Å². The number of nitrogens with zero attached hydrogens (tertiary/aromatic N) is 2. The SMILES string of the molecule is C/C(=N\NC(N)=O)C(CN(C)C)C(c1ccccc1)c1c(O)c2ccccc2oc1=O.Cl. The van der Waals surface area contributed by atoms with Crippen LogP contribution in [-0.2, 0) is 0 Å². The monoisotopic (exact) mass is 458 g/mol. The van der Waals surface area contributed by atoms with Gasteiger partial charge in [-0.05, 0) is 38.7 Å². The summed E-state index contributed by atoms with van der Waals surface area (Å²) in [5.74, 6) is -1.08. The Labute approximate surface area is 192 Å². The molecular weight excluding hydrogens is 432 g/mol. The maximum Gasteiger partial charge on any atom is 0.343 e. The number of fused-ring (bicyclic) bond motifs is 1. The smallest absolute Gasteiger partial charge is 0.343 e. The van der Waals surface area contributed by atoms with Gasteiger partial charge in [-0.25, -0.2) is 15.0 Å². The number of nitrogens with one attached hydrogen (secondary N) is 1. The van der Waals surface area contributed by atoms with Crippen LogP contribution in [0.15, 0.2) is 68.9 Å². The number of carbonyl (C=O) groups excluding carboxylic acids is 1. The number of hydrogen-bond acceptors (Lipinski definition) is 6. The number of para-hydroxylation sites is 1. The summed E-state index contributed by atoms with van der Waals surface area (Å²) in [6.45, 7) is 2.24. The van der Waals surface area contributed by atoms with Gasteiger partial charge in [0.25, 0.3) is 0 Å². The molecule has 0 aliphatic rings. The molecule has 1 heterocycles. The minimum Gasteiger partial charge on any atom is -0.507 e. The Morgan fingerprint density at radius 3 is 2.41 bits per heavy atom. The highest BCUT2D eigenvalue weighted by molar-refractivity contribution is 5.89. The summed E-state index contributed by atoms with van der Waals surface area (Å²) in [5.41, 5.74) is 8.63. The number of aromatic hydroxyl groups is 1. The fraction of sp³-hybridized carbons (Fsp3) is 0.261. The Hall–Kier alpha value is -3.36. The Bertz CT molecular complexity index is 1160. The highest BCUT2D eigenvalue weighted by atomic mass is 35.5. The molecule has 0 spiro atoms. The minimum atomic E-state index is -0.785. The summed E-state index contributed by atoms with van der Waals surface area (Å²) >= 11 is 0. The first kappa shape index (κ1) is 24.9. The van der Waals surface area contributed by atoms with Crippen LogP contribution in [0.1, 0.15) is 24.0 Å². The lowest BCUT2D eigenvalue weighted by Gasteiger charge is -2.30. The van der Waals surface area contributed by atoms with E-state index in [0.717, 1.165) is 5.56 Å². The number of rotatable bonds is 7. The maximum absolute atomic E-state index is 13.1. The maximum atomic E-state index is 13.1. The van der Waals surface area contributed by atoms with E-state index in [1.165, 1.54) is 0 Å². The molecule has 0 saturated heterocycles. The third kappa shape index (κ3) is 5.46. The predicted octanol–water partition coefficient (Wildman–Crippen LogP) is 3.27. The summed E-state index contributed by atoms with van der Waals surface area (Å²) in [4.78, 5) is 26.2. The van der Waals surface area contributed by atoms with E-state index >= 15 is 0 Å². The second kappa shape index (κ2) is 10.8. The number of benzene rings is 2. The molecule has 0 fully saturated rings. The molecule has 3 rings (SSSR count). The molecule has 2 amide bonds. The number of carbonyl (C=O) groups is 1. The highest BCUT2D eigenvalue weighted by Crippen LogP contribution is 2.39. The van der Waals surface area contributed by atoms with Gasteiger partial charge in [0.1, 0.15) is 11.3 Å². The van der Waals surface area contributed by atoms with Crippen LogP contribution < -0.4 is 16.8 Å². The van der Waals surface area contributed by atoms with Crippen molar-refractivity contribution in [2.24, 2.45) is 16.8 Å². The number of hydrazone groups is 1. The fourth-order valence-corrected chi connectivity index (χ4v) is 3.78. The Kier molecular flexibility index (Phi) is 8.40. The lowest BCUT2D eigenvalue weighted by Crippen LogP contribution is -2.36. The van der Waals surface area contributed by atoms with Crippen LogP contribution in [0.3, 0.4) is 0 Å². The zero-order chi connectivity index (χ0) is 22.5. The molecule has 3 aromatic rings. The van der Waals surface area contributed by atoms with E-state index in [9.17, 15) is 14.7 Å². The van der Waals surface area contributed by atoms with Gasteiger partial charge in [-0.3, -0.25) is 0 Å². The molecular formula is C23H27ClN4O4. The lowest BCUT2D eigenvalue weighted by atomic mass is 9.78. The van der Waals surface area contributed by atoms with Gasteiger partial charge in [-0.15, -0.1) is 12.4 Å². The highest BCUT2D eigenvalue weighted by Gasteiger charge is 2.33. The molecule has 9 heteroatoms. The lowest BCUT2D eigenvalue weighted by molar-refractivity contribution is 0.249. The third-order valence-corrected chi connectivity index (χ3v) is 5.13. The Balaban J connectivity index is 0.00000363. The van der Waals surface area contributed by atoms with Crippen molar-refractivity contribution in [1.29, 1.82) is 0 Å². The summed E-state index contributed by atoms with van der Waals surface area (Å²) in [5, 5.41) is 15.7. The number of amides is 2. The van der Waals surface area contributed by atoms with E-state index in [2.05, 4.69) is 10.5 Å². The molecule has 2 atom stereocenters. The van der Waals surface area contributed by atoms with Crippen molar-refractivity contribution >= 4 is 35.1 Å². The van der Waals surface area contributed by atoms with E-state index in [0.29, 0.717) is 23.2 Å². The number of primary amides is 1. The van der Waals surface area contributed by atoms with Gasteiger partial charge in [0.05, 0.1) is 10.9 Å². The molecule has 0 aliphatic heterocycles. The van der Waals surface area contributed by atoms with Crippen LogP contribution in [0.5, 0.6) is 5.75 Å². The van der Waals surface area contributed by atoms with E-state index < -0.39 is 17.6 Å². The molecule has 0 bridgehead atoms. The second-order valence-corrected chi connectivity index (χ2v) is 7.63. The fourth-order valence-electron chi connectivity index (χ4n) is 3.78. The average Bonchev–Trinajstić information content (AvgIpc) is 2.74. The normalized spacial score (nSPS) is 13.4. The molecule has 2 unspecified atom stereocenters. The van der Waals surface area contributed by atoms with Crippen molar-refractivity contribution in [3.05, 3.63) is 76.1 Å². The van der Waals surface area contributed by atoms with Gasteiger partial charge in [0.2, 0.25) is 0 Å². The van der Waals surface area contributed by atoms with Crippen LogP contribution in [0.4, 0.5) is 4.79 Å². The largest absolute Gasteiger partial charge is 0.507 e. The van der Waals surface area contributed by atoms with Crippen molar-refractivity contribution in [1.82, 2.24) is 10.3 Å². The molecule has 170 valence electrons. The zero-order valence-corrected chi connectivity index (χ0v) is 18.9. The Morgan fingerprint density at radius 2 is 1.78 bits per heavy atom. The number of nitrogens with two attached hydrogens (primary N) is 1. The molecule has 1 aromatic heterocycles. The second-order valence-electron chi connectivity index (χ2n) is 7.63. The third-order valence-electron chi connectivity index (χ3n) is 5.13. The van der Waals surface area contributed by atoms with Crippen LogP contribution >= 0.6 is 12.4 Å². The van der Waals surface area contributed by atoms with Gasteiger partial charge in [-0.1, -0.05) is 42.5 Å². The minimum absolute atomic E-state index is 0. The van der Waals surface area contributed by atoms with Crippen molar-refractivity contribution in [2.75, 3.05) is 20.6 Å². The van der Waals surface area contributed by atoms with Crippen LogP contribution in [0.25, 0.3) is 11.0 Å². The molecule has 2 aromatic carbocycles. The van der Waals surface area contributed by atoms with Crippen LogP contribution in [-0.4, -0.2) is 42.4 Å². The van der Waals surface area contributed by atoms with Crippen molar-refractivity contribution in [2.45, 2.75) is 12.8 Å². The number of hydrogen-bond donors (Lipinski definition) is 3. The molecule has 8 nitrogen and oxygen atoms in total. The molecule has 0 saturated carbocycles. The quantitative estimate of drug-likeness (QED) is 0.285. The first-order valence-electron chi connectivity index (χ1n) is 9.83. The number of halogens is 1. The van der Waals surface area contributed by atoms with Gasteiger partial charge in [0, 0.05) is 24.1 Å². The standard InChI is InChI=1S/C23H26N4O4.ClH/c1-14(25-26-23(24)30)17(13-27(2)3)19(15-9-5-4-6-10-15)20-21(28)16-11-7-8-12-18(16)31-22(20)29;/h4-12,17,19,28H,13H2,1-3H3,(H3,24,26,30);1H/b25-14+;. The molecule has 4 N–H and O–H groups in total. The number of urea groups is 1. The summed E-state index contributed by atoms with van der Waals surface area (Å²) < 4.78 is 5.55. The molecule has 0 aliphatic carbocycles. The summed E-state index contributed by atoms with van der Waals surface area (Å²) in [6, 6.07) is 15.4. The summed E-state index contributed by atoms with van der Waals surface area (Å²) in [7, 11) is 3.79. The van der Waals surface area contributed by atoms with Crippen molar-refractivity contribution < 1.29 is 14.3 Å².